The Morgan fingerprint density at radius 1 is 1.22 bits per heavy atom. The first-order valence-corrected chi connectivity index (χ1v) is 7.42. The van der Waals surface area contributed by atoms with Crippen molar-refractivity contribution >= 4 is 17.7 Å². The molecule has 23 heavy (non-hydrogen) atoms. The second-order valence-electron chi connectivity index (χ2n) is 5.61. The second-order valence-corrected chi connectivity index (χ2v) is 5.61. The van der Waals surface area contributed by atoms with Crippen LogP contribution in [-0.4, -0.2) is 23.2 Å². The van der Waals surface area contributed by atoms with E-state index in [1.807, 2.05) is 37.3 Å². The number of anilines is 1. The van der Waals surface area contributed by atoms with E-state index in [1.54, 1.807) is 17.0 Å². The molecule has 0 aliphatic carbocycles. The topological polar surface area (TPSA) is 66.8 Å². The molecular formula is C18H17NO4. The van der Waals surface area contributed by atoms with Gasteiger partial charge in [-0.2, -0.15) is 0 Å². The van der Waals surface area contributed by atoms with Crippen molar-refractivity contribution < 1.29 is 19.4 Å². The average Bonchev–Trinajstić information content (AvgIpc) is 2.88. The predicted octanol–water partition coefficient (Wildman–Crippen LogP) is 3.47. The van der Waals surface area contributed by atoms with Gasteiger partial charge >= 0.3 is 12.1 Å². The Morgan fingerprint density at radius 2 is 1.96 bits per heavy atom. The van der Waals surface area contributed by atoms with Gasteiger partial charge in [-0.1, -0.05) is 30.3 Å². The summed E-state index contributed by atoms with van der Waals surface area (Å²) in [5.41, 5.74) is 2.74. The lowest BCUT2D eigenvalue weighted by atomic mass is 10.1. The number of benzene rings is 2. The molecular weight excluding hydrogens is 294 g/mol. The van der Waals surface area contributed by atoms with E-state index in [-0.39, 0.29) is 18.2 Å². The Kier molecular flexibility index (Phi) is 4.02. The standard InChI is InChI=1S/C18H17NO4/c1-12-9-15-10-14(17(20)21)7-8-16(15)19(12)18(22)23-11-13-5-3-2-4-6-13/h2-8,10,12H,9,11H2,1H3,(H,20,21)/t12-/m1/s1. The van der Waals surface area contributed by atoms with Crippen molar-refractivity contribution in [1.82, 2.24) is 0 Å². The molecule has 0 fully saturated rings. The fraction of sp³-hybridized carbons (Fsp3) is 0.222. The summed E-state index contributed by atoms with van der Waals surface area (Å²) in [5.74, 6) is -0.967. The molecule has 5 nitrogen and oxygen atoms in total. The van der Waals surface area contributed by atoms with E-state index >= 15 is 0 Å². The van der Waals surface area contributed by atoms with E-state index in [0.29, 0.717) is 6.42 Å². The van der Waals surface area contributed by atoms with Crippen molar-refractivity contribution in [3.8, 4) is 0 Å². The summed E-state index contributed by atoms with van der Waals surface area (Å²) in [4.78, 5) is 25.0. The molecule has 1 aliphatic heterocycles. The number of nitrogens with zero attached hydrogens (tertiary/aromatic N) is 1. The highest BCUT2D eigenvalue weighted by Crippen LogP contribution is 2.33. The van der Waals surface area contributed by atoms with Crippen molar-refractivity contribution in [3.05, 3.63) is 65.2 Å². The van der Waals surface area contributed by atoms with Gasteiger partial charge in [0.15, 0.2) is 0 Å². The fourth-order valence-electron chi connectivity index (χ4n) is 2.83. The Balaban J connectivity index is 1.76. The quantitative estimate of drug-likeness (QED) is 0.942. The Labute approximate surface area is 134 Å². The van der Waals surface area contributed by atoms with Crippen LogP contribution in [0.15, 0.2) is 48.5 Å². The predicted molar refractivity (Wildman–Crippen MR) is 85.7 cm³/mol. The van der Waals surface area contributed by atoms with E-state index in [2.05, 4.69) is 0 Å². The van der Waals surface area contributed by atoms with Gasteiger partial charge < -0.3 is 9.84 Å². The maximum absolute atomic E-state index is 12.4. The molecule has 0 saturated heterocycles. The van der Waals surface area contributed by atoms with E-state index in [0.717, 1.165) is 16.8 Å². The van der Waals surface area contributed by atoms with Gasteiger partial charge in [-0.15, -0.1) is 0 Å². The first-order valence-electron chi connectivity index (χ1n) is 7.42. The molecule has 1 amide bonds. The van der Waals surface area contributed by atoms with E-state index in [9.17, 15) is 9.59 Å². The highest BCUT2D eigenvalue weighted by atomic mass is 16.6. The molecule has 1 N–H and O–H groups in total. The number of fused-ring (bicyclic) bond motifs is 1. The maximum Gasteiger partial charge on any atom is 0.414 e. The Bertz CT molecular complexity index is 742. The zero-order valence-electron chi connectivity index (χ0n) is 12.7. The van der Waals surface area contributed by atoms with Crippen LogP contribution in [0.3, 0.4) is 0 Å². The Morgan fingerprint density at radius 3 is 2.65 bits per heavy atom. The minimum Gasteiger partial charge on any atom is -0.478 e. The number of carboxylic acids is 1. The summed E-state index contributed by atoms with van der Waals surface area (Å²) < 4.78 is 5.39. The van der Waals surface area contributed by atoms with Crippen LogP contribution >= 0.6 is 0 Å². The molecule has 1 heterocycles. The maximum atomic E-state index is 12.4. The Hall–Kier alpha value is -2.82. The molecule has 3 rings (SSSR count). The minimum absolute atomic E-state index is 0.0580. The molecule has 118 valence electrons. The van der Waals surface area contributed by atoms with E-state index in [1.165, 1.54) is 6.07 Å². The molecule has 0 saturated carbocycles. The molecule has 0 bridgehead atoms. The first kappa shape index (κ1) is 15.1. The number of ether oxygens (including phenoxy) is 1. The van der Waals surface area contributed by atoms with Gasteiger partial charge in [-0.05, 0) is 42.7 Å². The number of carboxylic acid groups (broad SMARTS) is 1. The monoisotopic (exact) mass is 311 g/mol. The summed E-state index contributed by atoms with van der Waals surface area (Å²) >= 11 is 0. The van der Waals surface area contributed by atoms with Gasteiger partial charge in [-0.3, -0.25) is 4.90 Å². The number of amides is 1. The number of aromatic carboxylic acids is 1. The van der Waals surface area contributed by atoms with Crippen LogP contribution in [0.5, 0.6) is 0 Å². The van der Waals surface area contributed by atoms with Crippen LogP contribution in [0.4, 0.5) is 10.5 Å². The zero-order valence-corrected chi connectivity index (χ0v) is 12.7. The van der Waals surface area contributed by atoms with Gasteiger partial charge in [0.1, 0.15) is 6.61 Å². The number of carbonyl (C=O) groups excluding carboxylic acids is 1. The molecule has 2 aromatic rings. The summed E-state index contributed by atoms with van der Waals surface area (Å²) in [6.45, 7) is 2.13. The third-order valence-corrected chi connectivity index (χ3v) is 3.94. The van der Waals surface area contributed by atoms with Crippen molar-refractivity contribution in [3.63, 3.8) is 0 Å². The van der Waals surface area contributed by atoms with Crippen LogP contribution in [0.25, 0.3) is 0 Å². The smallest absolute Gasteiger partial charge is 0.414 e. The first-order chi connectivity index (χ1) is 11.1. The third kappa shape index (κ3) is 3.04. The lowest BCUT2D eigenvalue weighted by Crippen LogP contribution is -2.36. The molecule has 0 aromatic heterocycles. The molecule has 1 aliphatic rings. The largest absolute Gasteiger partial charge is 0.478 e. The zero-order chi connectivity index (χ0) is 16.4. The second kappa shape index (κ2) is 6.12. The van der Waals surface area contributed by atoms with Gasteiger partial charge in [0.2, 0.25) is 0 Å². The summed E-state index contributed by atoms with van der Waals surface area (Å²) in [6, 6.07) is 14.2. The highest BCUT2D eigenvalue weighted by molar-refractivity contribution is 5.94. The van der Waals surface area contributed by atoms with E-state index in [4.69, 9.17) is 9.84 Å². The summed E-state index contributed by atoms with van der Waals surface area (Å²) in [6.07, 6.45) is 0.208. The van der Waals surface area contributed by atoms with Crippen molar-refractivity contribution in [2.75, 3.05) is 4.90 Å². The molecule has 0 unspecified atom stereocenters. The van der Waals surface area contributed by atoms with Gasteiger partial charge in [0, 0.05) is 6.04 Å². The average molecular weight is 311 g/mol. The van der Waals surface area contributed by atoms with Crippen molar-refractivity contribution in [2.24, 2.45) is 0 Å². The van der Waals surface area contributed by atoms with Crippen LogP contribution in [-0.2, 0) is 17.8 Å². The molecule has 5 heteroatoms. The number of carbonyl (C=O) groups is 2. The minimum atomic E-state index is -0.967. The summed E-state index contributed by atoms with van der Waals surface area (Å²) in [7, 11) is 0. The number of hydrogen-bond donors (Lipinski definition) is 1. The lowest BCUT2D eigenvalue weighted by molar-refractivity contribution is 0.0696. The molecule has 0 spiro atoms. The van der Waals surface area contributed by atoms with Crippen molar-refractivity contribution in [2.45, 2.75) is 26.0 Å². The van der Waals surface area contributed by atoms with Crippen LogP contribution in [0, 0.1) is 0 Å². The lowest BCUT2D eigenvalue weighted by Gasteiger charge is -2.22. The van der Waals surface area contributed by atoms with Crippen LogP contribution in [0.1, 0.15) is 28.4 Å². The normalized spacial score (nSPS) is 16.0. The number of hydrogen-bond acceptors (Lipinski definition) is 3. The van der Waals surface area contributed by atoms with Gasteiger partial charge in [-0.25, -0.2) is 9.59 Å². The molecule has 2 aromatic carbocycles. The van der Waals surface area contributed by atoms with Gasteiger partial charge in [0.25, 0.3) is 0 Å². The fourth-order valence-corrected chi connectivity index (χ4v) is 2.83. The number of rotatable bonds is 3. The van der Waals surface area contributed by atoms with Gasteiger partial charge in [0.05, 0.1) is 11.3 Å². The SMILES string of the molecule is C[C@@H]1Cc2cc(C(=O)O)ccc2N1C(=O)OCc1ccccc1. The summed E-state index contributed by atoms with van der Waals surface area (Å²) in [5, 5.41) is 9.06. The highest BCUT2D eigenvalue weighted by Gasteiger charge is 2.32. The van der Waals surface area contributed by atoms with Crippen LogP contribution < -0.4 is 4.90 Å². The third-order valence-electron chi connectivity index (χ3n) is 3.94. The van der Waals surface area contributed by atoms with Crippen LogP contribution in [0.2, 0.25) is 0 Å². The van der Waals surface area contributed by atoms with E-state index < -0.39 is 12.1 Å². The van der Waals surface area contributed by atoms with Crippen molar-refractivity contribution in [1.29, 1.82) is 0 Å². The molecule has 1 atom stereocenters. The molecule has 0 radical (unpaired) electrons.